The van der Waals surface area contributed by atoms with Crippen LogP contribution in [-0.2, 0) is 4.79 Å². The first-order chi connectivity index (χ1) is 13.7. The van der Waals surface area contributed by atoms with Gasteiger partial charge in [-0.3, -0.25) is 9.59 Å². The summed E-state index contributed by atoms with van der Waals surface area (Å²) >= 11 is 0. The van der Waals surface area contributed by atoms with Gasteiger partial charge in [0.15, 0.2) is 5.65 Å². The van der Waals surface area contributed by atoms with E-state index in [4.69, 9.17) is 4.98 Å². The second kappa shape index (κ2) is 8.03. The van der Waals surface area contributed by atoms with Gasteiger partial charge in [0.05, 0.1) is 28.3 Å². The molecule has 0 saturated heterocycles. The number of nitrogens with zero attached hydrogens (tertiary/aromatic N) is 3. The first-order valence-electron chi connectivity index (χ1n) is 9.66. The lowest BCUT2D eigenvalue weighted by molar-refractivity contribution is -0.147. The number of carbonyl (C=O) groups is 2. The number of aromatic nitrogens is 3. The number of nitrogens with one attached hydrogen (secondary N) is 1. The summed E-state index contributed by atoms with van der Waals surface area (Å²) in [7, 11) is 0. The maximum Gasteiger partial charge on any atom is 0.309 e. The topological polar surface area (TPSA) is 97.1 Å². The van der Waals surface area contributed by atoms with Gasteiger partial charge in [0, 0.05) is 18.2 Å². The molecule has 2 N–H and O–H groups in total. The molecule has 7 heteroatoms. The zero-order valence-electron chi connectivity index (χ0n) is 17.1. The molecule has 2 aromatic heterocycles. The van der Waals surface area contributed by atoms with Gasteiger partial charge in [0.25, 0.3) is 5.91 Å². The van der Waals surface area contributed by atoms with E-state index in [0.29, 0.717) is 28.7 Å². The minimum atomic E-state index is -0.904. The number of carbonyl (C=O) groups excluding carboxylic acids is 1. The lowest BCUT2D eigenvalue weighted by Gasteiger charge is -2.19. The number of carboxylic acids is 1. The Kier molecular flexibility index (Phi) is 5.68. The maximum atomic E-state index is 13.0. The molecule has 7 nitrogen and oxygen atoms in total. The lowest BCUT2D eigenvalue weighted by Crippen LogP contribution is -2.32. The number of carboxylic acid groups (broad SMARTS) is 1. The van der Waals surface area contributed by atoms with Crippen molar-refractivity contribution in [2.24, 2.45) is 5.41 Å². The van der Waals surface area contributed by atoms with Gasteiger partial charge in [0.1, 0.15) is 0 Å². The number of pyridine rings is 1. The molecule has 0 aliphatic carbocycles. The summed E-state index contributed by atoms with van der Waals surface area (Å²) in [4.78, 5) is 29.0. The van der Waals surface area contributed by atoms with Crippen molar-refractivity contribution >= 4 is 22.9 Å². The van der Waals surface area contributed by atoms with Crippen molar-refractivity contribution in [3.8, 4) is 11.3 Å². The minimum Gasteiger partial charge on any atom is -0.481 e. The Bertz CT molecular complexity index is 1040. The van der Waals surface area contributed by atoms with Crippen molar-refractivity contribution in [1.82, 2.24) is 20.1 Å². The molecular weight excluding hydrogens is 368 g/mol. The molecule has 1 aromatic carbocycles. The zero-order valence-corrected chi connectivity index (χ0v) is 17.1. The van der Waals surface area contributed by atoms with E-state index in [0.717, 1.165) is 5.56 Å². The standard InChI is InChI=1S/C22H26N4O3/c1-14(2)26-19-17(13-24-26)16(12-18(25-19)15-8-6-5-7-9-15)20(27)23-11-10-22(3,4)21(28)29/h5-9,12-14H,10-11H2,1-4H3,(H,23,27)(H,28,29). The van der Waals surface area contributed by atoms with Crippen LogP contribution in [0.2, 0.25) is 0 Å². The Hall–Kier alpha value is -3.22. The molecule has 0 radical (unpaired) electrons. The zero-order chi connectivity index (χ0) is 21.2. The highest BCUT2D eigenvalue weighted by atomic mass is 16.4. The predicted molar refractivity (Wildman–Crippen MR) is 112 cm³/mol. The van der Waals surface area contributed by atoms with Gasteiger partial charge in [-0.15, -0.1) is 0 Å². The number of rotatable bonds is 7. The van der Waals surface area contributed by atoms with Crippen molar-refractivity contribution in [3.63, 3.8) is 0 Å². The van der Waals surface area contributed by atoms with Gasteiger partial charge in [-0.1, -0.05) is 30.3 Å². The molecule has 1 amide bonds. The van der Waals surface area contributed by atoms with Gasteiger partial charge in [0.2, 0.25) is 0 Å². The SMILES string of the molecule is CC(C)n1ncc2c(C(=O)NCCC(C)(C)C(=O)O)cc(-c3ccccc3)nc21. The van der Waals surface area contributed by atoms with Crippen LogP contribution >= 0.6 is 0 Å². The molecule has 0 spiro atoms. The van der Waals surface area contributed by atoms with Crippen LogP contribution in [0.1, 0.15) is 50.5 Å². The van der Waals surface area contributed by atoms with Crippen molar-refractivity contribution in [2.45, 2.75) is 40.2 Å². The summed E-state index contributed by atoms with van der Waals surface area (Å²) < 4.78 is 1.80. The summed E-state index contributed by atoms with van der Waals surface area (Å²) in [5, 5.41) is 17.2. The minimum absolute atomic E-state index is 0.0956. The van der Waals surface area contributed by atoms with Crippen LogP contribution in [0.5, 0.6) is 0 Å². The van der Waals surface area contributed by atoms with Crippen LogP contribution in [0.15, 0.2) is 42.6 Å². The fourth-order valence-corrected chi connectivity index (χ4v) is 3.03. The van der Waals surface area contributed by atoms with Crippen LogP contribution in [0, 0.1) is 5.41 Å². The van der Waals surface area contributed by atoms with E-state index >= 15 is 0 Å². The molecule has 2 heterocycles. The van der Waals surface area contributed by atoms with Crippen LogP contribution in [-0.4, -0.2) is 38.3 Å². The Morgan fingerprint density at radius 1 is 1.21 bits per heavy atom. The average Bonchev–Trinajstić information content (AvgIpc) is 3.11. The smallest absolute Gasteiger partial charge is 0.309 e. The number of aliphatic carboxylic acids is 1. The van der Waals surface area contributed by atoms with E-state index in [1.165, 1.54) is 0 Å². The molecule has 0 bridgehead atoms. The van der Waals surface area contributed by atoms with Crippen LogP contribution in [0.4, 0.5) is 0 Å². The van der Waals surface area contributed by atoms with Gasteiger partial charge in [-0.2, -0.15) is 5.10 Å². The second-order valence-corrected chi connectivity index (χ2v) is 8.04. The van der Waals surface area contributed by atoms with Crippen LogP contribution < -0.4 is 5.32 Å². The fraction of sp³-hybridized carbons (Fsp3) is 0.364. The van der Waals surface area contributed by atoms with Gasteiger partial charge in [-0.05, 0) is 40.2 Å². The molecule has 0 saturated carbocycles. The van der Waals surface area contributed by atoms with Gasteiger partial charge >= 0.3 is 5.97 Å². The molecule has 3 aromatic rings. The third-order valence-electron chi connectivity index (χ3n) is 4.98. The summed E-state index contributed by atoms with van der Waals surface area (Å²) in [6.07, 6.45) is 1.99. The highest BCUT2D eigenvalue weighted by Gasteiger charge is 2.27. The number of hydrogen-bond donors (Lipinski definition) is 2. The molecule has 0 aliphatic rings. The molecular formula is C22H26N4O3. The third kappa shape index (κ3) is 4.29. The predicted octanol–water partition coefficient (Wildman–Crippen LogP) is 3.91. The second-order valence-electron chi connectivity index (χ2n) is 8.04. The first kappa shape index (κ1) is 20.5. The number of fused-ring (bicyclic) bond motifs is 1. The van der Waals surface area contributed by atoms with Crippen molar-refractivity contribution in [1.29, 1.82) is 0 Å². The summed E-state index contributed by atoms with van der Waals surface area (Å²) in [5.41, 5.74) is 1.83. The van der Waals surface area contributed by atoms with Crippen LogP contribution in [0.3, 0.4) is 0 Å². The van der Waals surface area contributed by atoms with Gasteiger partial charge in [-0.25, -0.2) is 9.67 Å². The van der Waals surface area contributed by atoms with E-state index in [-0.39, 0.29) is 18.5 Å². The molecule has 152 valence electrons. The van der Waals surface area contributed by atoms with E-state index in [1.807, 2.05) is 44.2 Å². The molecule has 3 rings (SSSR count). The van der Waals surface area contributed by atoms with Gasteiger partial charge < -0.3 is 10.4 Å². The Balaban J connectivity index is 1.97. The Labute approximate surface area is 169 Å². The van der Waals surface area contributed by atoms with Crippen LogP contribution in [0.25, 0.3) is 22.3 Å². The van der Waals surface area contributed by atoms with E-state index in [2.05, 4.69) is 10.4 Å². The number of benzene rings is 1. The lowest BCUT2D eigenvalue weighted by atomic mass is 9.89. The quantitative estimate of drug-likeness (QED) is 0.633. The largest absolute Gasteiger partial charge is 0.481 e. The first-order valence-corrected chi connectivity index (χ1v) is 9.66. The van der Waals surface area contributed by atoms with Crippen molar-refractivity contribution in [2.75, 3.05) is 6.54 Å². The van der Waals surface area contributed by atoms with Crippen molar-refractivity contribution < 1.29 is 14.7 Å². The monoisotopic (exact) mass is 394 g/mol. The highest BCUT2D eigenvalue weighted by Crippen LogP contribution is 2.26. The van der Waals surface area contributed by atoms with E-state index in [9.17, 15) is 14.7 Å². The Morgan fingerprint density at radius 3 is 2.52 bits per heavy atom. The molecule has 0 fully saturated rings. The molecule has 0 aliphatic heterocycles. The summed E-state index contributed by atoms with van der Waals surface area (Å²) in [5.74, 6) is -1.15. The highest BCUT2D eigenvalue weighted by molar-refractivity contribution is 6.06. The normalized spacial score (nSPS) is 11.8. The van der Waals surface area contributed by atoms with E-state index in [1.54, 1.807) is 30.8 Å². The molecule has 0 unspecified atom stereocenters. The average molecular weight is 394 g/mol. The molecule has 0 atom stereocenters. The van der Waals surface area contributed by atoms with E-state index < -0.39 is 11.4 Å². The molecule has 29 heavy (non-hydrogen) atoms. The maximum absolute atomic E-state index is 13.0. The number of hydrogen-bond acceptors (Lipinski definition) is 4. The summed E-state index contributed by atoms with van der Waals surface area (Å²) in [6.45, 7) is 7.58. The van der Waals surface area contributed by atoms with Crippen molar-refractivity contribution in [3.05, 3.63) is 48.2 Å². The number of amides is 1. The summed E-state index contributed by atoms with van der Waals surface area (Å²) in [6, 6.07) is 11.5. The fourth-order valence-electron chi connectivity index (χ4n) is 3.03. The Morgan fingerprint density at radius 2 is 1.90 bits per heavy atom. The third-order valence-corrected chi connectivity index (χ3v) is 4.98.